The number of benzene rings is 3. The first-order valence-corrected chi connectivity index (χ1v) is 13.1. The van der Waals surface area contributed by atoms with Gasteiger partial charge >= 0.3 is 0 Å². The highest BCUT2D eigenvalue weighted by Gasteiger charge is 2.28. The summed E-state index contributed by atoms with van der Waals surface area (Å²) in [6.07, 6.45) is 8.27. The quantitative estimate of drug-likeness (QED) is 0.489. The van der Waals surface area contributed by atoms with Crippen LogP contribution in [0.3, 0.4) is 0 Å². The van der Waals surface area contributed by atoms with Crippen molar-refractivity contribution in [3.8, 4) is 0 Å². The molecule has 0 aliphatic heterocycles. The van der Waals surface area contributed by atoms with Gasteiger partial charge in [-0.05, 0) is 41.4 Å². The van der Waals surface area contributed by atoms with Gasteiger partial charge in [-0.25, -0.2) is 0 Å². The van der Waals surface area contributed by atoms with Gasteiger partial charge in [-0.15, -0.1) is 0 Å². The van der Waals surface area contributed by atoms with E-state index in [-0.39, 0.29) is 5.92 Å². The molecule has 0 atom stereocenters. The predicted molar refractivity (Wildman–Crippen MR) is 132 cm³/mol. The van der Waals surface area contributed by atoms with Crippen LogP contribution in [0.5, 0.6) is 0 Å². The third-order valence-corrected chi connectivity index (χ3v) is 10.3. The number of ketones is 1. The van der Waals surface area contributed by atoms with Crippen LogP contribution in [0.15, 0.2) is 91.0 Å². The van der Waals surface area contributed by atoms with Gasteiger partial charge in [-0.3, -0.25) is 4.79 Å². The molecular formula is C28H31OP. The minimum Gasteiger partial charge on any atom is -0.294 e. The Morgan fingerprint density at radius 2 is 0.967 bits per heavy atom. The van der Waals surface area contributed by atoms with Crippen LogP contribution in [0.1, 0.15) is 44.9 Å². The zero-order chi connectivity index (χ0) is 20.7. The molecule has 0 amide bonds. The van der Waals surface area contributed by atoms with E-state index in [9.17, 15) is 4.79 Å². The van der Waals surface area contributed by atoms with Crippen molar-refractivity contribution >= 4 is 34.4 Å². The minimum atomic E-state index is -2.18. The largest absolute Gasteiger partial charge is 0.294 e. The smallest absolute Gasteiger partial charge is 0.159 e. The van der Waals surface area contributed by atoms with Crippen LogP contribution in [0.2, 0.25) is 0 Å². The lowest BCUT2D eigenvalue weighted by molar-refractivity contribution is -0.116. The lowest BCUT2D eigenvalue weighted by Gasteiger charge is -2.29. The molecule has 1 nitrogen and oxygen atoms in total. The van der Waals surface area contributed by atoms with E-state index < -0.39 is 6.89 Å². The summed E-state index contributed by atoms with van der Waals surface area (Å²) in [6, 6.07) is 32.0. The highest BCUT2D eigenvalue weighted by atomic mass is 31.2. The van der Waals surface area contributed by atoms with E-state index >= 15 is 0 Å². The fourth-order valence-electron chi connectivity index (χ4n) is 4.70. The maximum Gasteiger partial charge on any atom is 0.159 e. The summed E-state index contributed by atoms with van der Waals surface area (Å²) in [5.74, 6) is 2.67. The molecule has 30 heavy (non-hydrogen) atoms. The normalized spacial score (nSPS) is 15.7. The topological polar surface area (TPSA) is 17.1 Å². The van der Waals surface area contributed by atoms with Gasteiger partial charge < -0.3 is 0 Å². The van der Waals surface area contributed by atoms with Gasteiger partial charge in [-0.2, -0.15) is 0 Å². The van der Waals surface area contributed by atoms with Crippen LogP contribution in [-0.4, -0.2) is 11.6 Å². The average Bonchev–Trinajstić information content (AvgIpc) is 2.79. The van der Waals surface area contributed by atoms with Crippen LogP contribution in [0, 0.1) is 5.92 Å². The van der Waals surface area contributed by atoms with Crippen LogP contribution < -0.4 is 15.9 Å². The predicted octanol–water partition coefficient (Wildman–Crippen LogP) is 5.71. The van der Waals surface area contributed by atoms with E-state index in [0.717, 1.165) is 12.8 Å². The molecule has 0 heterocycles. The van der Waals surface area contributed by atoms with Crippen molar-refractivity contribution in [1.82, 2.24) is 0 Å². The Morgan fingerprint density at radius 3 is 1.37 bits per heavy atom. The van der Waals surface area contributed by atoms with Gasteiger partial charge in [0.2, 0.25) is 0 Å². The highest BCUT2D eigenvalue weighted by molar-refractivity contribution is 7.95. The second-order valence-corrected chi connectivity index (χ2v) is 11.6. The van der Waals surface area contributed by atoms with Crippen molar-refractivity contribution in [3.05, 3.63) is 91.0 Å². The SMILES string of the molecule is O=C(C=P(c1ccccc1)(c1ccccc1)c1ccccc1)C1CCCCCCC1. The summed E-state index contributed by atoms with van der Waals surface area (Å²) in [4.78, 5) is 13.8. The van der Waals surface area contributed by atoms with Crippen molar-refractivity contribution in [2.75, 3.05) is 0 Å². The summed E-state index contributed by atoms with van der Waals surface area (Å²) < 4.78 is 0. The molecule has 154 valence electrons. The summed E-state index contributed by atoms with van der Waals surface area (Å²) in [5.41, 5.74) is 0. The molecule has 3 aromatic carbocycles. The van der Waals surface area contributed by atoms with Crippen molar-refractivity contribution in [1.29, 1.82) is 0 Å². The van der Waals surface area contributed by atoms with E-state index in [1.54, 1.807) is 0 Å². The Bertz CT molecular complexity index is 881. The molecule has 4 rings (SSSR count). The molecule has 0 unspecified atom stereocenters. The van der Waals surface area contributed by atoms with Crippen LogP contribution in [0.4, 0.5) is 0 Å². The molecule has 0 saturated heterocycles. The summed E-state index contributed by atoms with van der Waals surface area (Å²) in [6.45, 7) is -2.18. The number of rotatable bonds is 5. The van der Waals surface area contributed by atoms with Crippen LogP contribution >= 0.6 is 6.89 Å². The van der Waals surface area contributed by atoms with E-state index in [0.29, 0.717) is 5.78 Å². The third kappa shape index (κ3) is 4.52. The number of Topliss-reactive ketones (excluding diaryl/α,β-unsaturated/α-hetero) is 1. The van der Waals surface area contributed by atoms with Gasteiger partial charge in [0, 0.05) is 5.92 Å². The third-order valence-electron chi connectivity index (χ3n) is 6.32. The summed E-state index contributed by atoms with van der Waals surface area (Å²) >= 11 is 0. The van der Waals surface area contributed by atoms with Crippen LogP contribution in [0.25, 0.3) is 0 Å². The first kappa shape index (κ1) is 20.9. The molecule has 0 bridgehead atoms. The number of hydrogen-bond donors (Lipinski definition) is 0. The van der Waals surface area contributed by atoms with Crippen LogP contribution in [-0.2, 0) is 4.79 Å². The van der Waals surface area contributed by atoms with Gasteiger partial charge in [-0.1, -0.05) is 123 Å². The van der Waals surface area contributed by atoms with Crippen molar-refractivity contribution in [3.63, 3.8) is 0 Å². The van der Waals surface area contributed by atoms with E-state index in [4.69, 9.17) is 0 Å². The molecule has 0 radical (unpaired) electrons. The molecule has 0 N–H and O–H groups in total. The Kier molecular flexibility index (Phi) is 7.03. The zero-order valence-corrected chi connectivity index (χ0v) is 18.5. The van der Waals surface area contributed by atoms with E-state index in [2.05, 4.69) is 96.8 Å². The molecule has 1 aliphatic carbocycles. The lowest BCUT2D eigenvalue weighted by Crippen LogP contribution is -2.30. The summed E-state index contributed by atoms with van der Waals surface area (Å²) in [5, 5.41) is 3.75. The molecule has 1 saturated carbocycles. The standard InChI is InChI=1S/C28H31OP/c29-28(24-15-7-2-1-3-8-16-24)23-30(25-17-9-4-10-18-25,26-19-11-5-12-20-26)27-21-13-6-14-22-27/h4-6,9-14,17-24H,1-3,7-8,15-16H2. The van der Waals surface area contributed by atoms with E-state index in [1.807, 2.05) is 0 Å². The molecule has 3 aromatic rings. The van der Waals surface area contributed by atoms with E-state index in [1.165, 1.54) is 48.0 Å². The number of hydrogen-bond acceptors (Lipinski definition) is 1. The monoisotopic (exact) mass is 414 g/mol. The number of carbonyl (C=O) groups is 1. The highest BCUT2D eigenvalue weighted by Crippen LogP contribution is 2.44. The second-order valence-electron chi connectivity index (χ2n) is 8.30. The fourth-order valence-corrected chi connectivity index (χ4v) is 8.56. The Balaban J connectivity index is 1.92. The van der Waals surface area contributed by atoms with Gasteiger partial charge in [0.05, 0.1) is 0 Å². The fraction of sp³-hybridized carbons (Fsp3) is 0.286. The molecular weight excluding hydrogens is 383 g/mol. The molecule has 1 fully saturated rings. The maximum atomic E-state index is 13.8. The molecule has 0 spiro atoms. The second kappa shape index (κ2) is 10.1. The first-order chi connectivity index (χ1) is 14.8. The zero-order valence-electron chi connectivity index (χ0n) is 17.6. The first-order valence-electron chi connectivity index (χ1n) is 11.3. The number of carbonyl (C=O) groups excluding carboxylic acids is 1. The van der Waals surface area contributed by atoms with Gasteiger partial charge in [0.1, 0.15) is 0 Å². The summed E-state index contributed by atoms with van der Waals surface area (Å²) in [7, 11) is 0. The van der Waals surface area contributed by atoms with Crippen molar-refractivity contribution < 1.29 is 4.79 Å². The molecule has 1 aliphatic rings. The Labute approximate surface area is 181 Å². The minimum absolute atomic E-state index is 0.167. The maximum absolute atomic E-state index is 13.8. The lowest BCUT2D eigenvalue weighted by atomic mass is 9.89. The molecule has 2 heteroatoms. The van der Waals surface area contributed by atoms with Crippen molar-refractivity contribution in [2.24, 2.45) is 5.92 Å². The molecule has 0 aromatic heterocycles. The average molecular weight is 415 g/mol. The van der Waals surface area contributed by atoms with Crippen molar-refractivity contribution in [2.45, 2.75) is 44.9 Å². The Morgan fingerprint density at radius 1 is 0.600 bits per heavy atom. The van der Waals surface area contributed by atoms with Gasteiger partial charge in [0.25, 0.3) is 0 Å². The van der Waals surface area contributed by atoms with Gasteiger partial charge in [0.15, 0.2) is 5.78 Å². The Hall–Kier alpha value is -2.37.